The summed E-state index contributed by atoms with van der Waals surface area (Å²) < 4.78 is 29.2. The Labute approximate surface area is 186 Å². The molecule has 3 aromatic rings. The van der Waals surface area contributed by atoms with E-state index < -0.39 is 10.0 Å². The number of benzene rings is 3. The molecule has 0 fully saturated rings. The lowest BCUT2D eigenvalue weighted by molar-refractivity contribution is 0.0951. The minimum absolute atomic E-state index is 0.0260. The molecule has 32 heavy (non-hydrogen) atoms. The Balaban J connectivity index is 1.53. The Morgan fingerprint density at radius 1 is 0.969 bits per heavy atom. The number of amidine groups is 1. The second kappa shape index (κ2) is 10.1. The minimum Gasteiger partial charge on any atom is -0.494 e. The summed E-state index contributed by atoms with van der Waals surface area (Å²) in [4.78, 5) is 12.4. The first kappa shape index (κ1) is 23.0. The summed E-state index contributed by atoms with van der Waals surface area (Å²) in [5.41, 5.74) is 7.63. The monoisotopic (exact) mass is 452 g/mol. The van der Waals surface area contributed by atoms with E-state index in [1.807, 2.05) is 0 Å². The number of nitrogens with one attached hydrogen (secondary N) is 2. The molecule has 3 rings (SSSR count). The Hall–Kier alpha value is -3.69. The van der Waals surface area contributed by atoms with E-state index in [4.69, 9.17) is 21.0 Å². The lowest BCUT2D eigenvalue weighted by Crippen LogP contribution is -2.25. The van der Waals surface area contributed by atoms with Crippen molar-refractivity contribution in [3.63, 3.8) is 0 Å². The topological polar surface area (TPSA) is 148 Å². The molecular weight excluding hydrogens is 428 g/mol. The SMILES string of the molecule is N=C(N)c1cccc(OCCCNC(=O)c2ccc(-c3ccccc3S(N)(=O)=O)cc2)c1. The van der Waals surface area contributed by atoms with Gasteiger partial charge in [0.15, 0.2) is 0 Å². The van der Waals surface area contributed by atoms with Crippen LogP contribution in [0.2, 0.25) is 0 Å². The maximum Gasteiger partial charge on any atom is 0.251 e. The number of amides is 1. The van der Waals surface area contributed by atoms with E-state index in [0.29, 0.717) is 47.6 Å². The van der Waals surface area contributed by atoms with Crippen molar-refractivity contribution in [3.8, 4) is 16.9 Å². The summed E-state index contributed by atoms with van der Waals surface area (Å²) in [6.07, 6.45) is 0.593. The number of hydrogen-bond acceptors (Lipinski definition) is 5. The summed E-state index contributed by atoms with van der Waals surface area (Å²) in [7, 11) is -3.86. The second-order valence-electron chi connectivity index (χ2n) is 7.02. The summed E-state index contributed by atoms with van der Waals surface area (Å²) in [5, 5.41) is 15.6. The smallest absolute Gasteiger partial charge is 0.251 e. The molecule has 0 aromatic heterocycles. The van der Waals surface area contributed by atoms with E-state index in [1.54, 1.807) is 66.7 Å². The van der Waals surface area contributed by atoms with Crippen LogP contribution in [0.4, 0.5) is 0 Å². The van der Waals surface area contributed by atoms with E-state index in [9.17, 15) is 13.2 Å². The van der Waals surface area contributed by atoms with Crippen LogP contribution < -0.4 is 20.9 Å². The molecule has 0 bridgehead atoms. The number of hydrogen-bond donors (Lipinski definition) is 4. The Kier molecular flexibility index (Phi) is 7.24. The number of ether oxygens (including phenoxy) is 1. The first-order valence-electron chi connectivity index (χ1n) is 9.83. The van der Waals surface area contributed by atoms with Gasteiger partial charge in [-0.05, 0) is 42.3 Å². The van der Waals surface area contributed by atoms with Crippen LogP contribution in [0.1, 0.15) is 22.3 Å². The van der Waals surface area contributed by atoms with Gasteiger partial charge in [0, 0.05) is 23.2 Å². The van der Waals surface area contributed by atoms with Gasteiger partial charge in [0.25, 0.3) is 5.91 Å². The lowest BCUT2D eigenvalue weighted by atomic mass is 10.0. The zero-order valence-corrected chi connectivity index (χ0v) is 18.1. The molecule has 0 radical (unpaired) electrons. The van der Waals surface area contributed by atoms with E-state index >= 15 is 0 Å². The van der Waals surface area contributed by atoms with Crippen LogP contribution in [-0.2, 0) is 10.0 Å². The van der Waals surface area contributed by atoms with Crippen molar-refractivity contribution < 1.29 is 17.9 Å². The van der Waals surface area contributed by atoms with Gasteiger partial charge in [-0.1, -0.05) is 42.5 Å². The van der Waals surface area contributed by atoms with Crippen molar-refractivity contribution in [1.82, 2.24) is 5.32 Å². The average molecular weight is 453 g/mol. The molecule has 0 aliphatic rings. The molecule has 0 spiro atoms. The Morgan fingerprint density at radius 2 is 1.69 bits per heavy atom. The van der Waals surface area contributed by atoms with Crippen molar-refractivity contribution in [3.05, 3.63) is 83.9 Å². The molecule has 6 N–H and O–H groups in total. The van der Waals surface area contributed by atoms with Gasteiger partial charge in [0.1, 0.15) is 11.6 Å². The lowest BCUT2D eigenvalue weighted by Gasteiger charge is -2.10. The average Bonchev–Trinajstić information content (AvgIpc) is 2.78. The molecule has 0 saturated heterocycles. The molecular formula is C23H24N4O4S. The normalized spacial score (nSPS) is 11.0. The van der Waals surface area contributed by atoms with Crippen molar-refractivity contribution in [2.45, 2.75) is 11.3 Å². The van der Waals surface area contributed by atoms with Crippen molar-refractivity contribution >= 4 is 21.8 Å². The molecule has 3 aromatic carbocycles. The van der Waals surface area contributed by atoms with Crippen LogP contribution in [0.15, 0.2) is 77.7 Å². The summed E-state index contributed by atoms with van der Waals surface area (Å²) in [5.74, 6) is 0.344. The number of carbonyl (C=O) groups is 1. The van der Waals surface area contributed by atoms with E-state index in [1.165, 1.54) is 6.07 Å². The van der Waals surface area contributed by atoms with Gasteiger partial charge in [-0.25, -0.2) is 13.6 Å². The van der Waals surface area contributed by atoms with Crippen molar-refractivity contribution in [2.75, 3.05) is 13.2 Å². The van der Waals surface area contributed by atoms with Gasteiger partial charge in [0.2, 0.25) is 10.0 Å². The van der Waals surface area contributed by atoms with Crippen LogP contribution in [-0.4, -0.2) is 33.3 Å². The summed E-state index contributed by atoms with van der Waals surface area (Å²) in [6, 6.07) is 20.0. The quantitative estimate of drug-likeness (QED) is 0.224. The maximum atomic E-state index is 12.4. The highest BCUT2D eigenvalue weighted by Crippen LogP contribution is 2.26. The first-order valence-corrected chi connectivity index (χ1v) is 11.4. The largest absolute Gasteiger partial charge is 0.494 e. The fourth-order valence-electron chi connectivity index (χ4n) is 3.07. The molecule has 0 unspecified atom stereocenters. The summed E-state index contributed by atoms with van der Waals surface area (Å²) >= 11 is 0. The molecule has 0 heterocycles. The number of nitrogens with two attached hydrogens (primary N) is 2. The van der Waals surface area contributed by atoms with Crippen LogP contribution in [0.5, 0.6) is 5.75 Å². The van der Waals surface area contributed by atoms with Crippen molar-refractivity contribution in [2.24, 2.45) is 10.9 Å². The van der Waals surface area contributed by atoms with Gasteiger partial charge < -0.3 is 15.8 Å². The molecule has 8 nitrogen and oxygen atoms in total. The van der Waals surface area contributed by atoms with E-state index in [-0.39, 0.29) is 16.6 Å². The predicted molar refractivity (Wildman–Crippen MR) is 123 cm³/mol. The number of nitrogen functional groups attached to an aromatic ring is 1. The highest BCUT2D eigenvalue weighted by Gasteiger charge is 2.15. The van der Waals surface area contributed by atoms with Crippen molar-refractivity contribution in [1.29, 1.82) is 5.41 Å². The van der Waals surface area contributed by atoms with Gasteiger partial charge in [-0.3, -0.25) is 10.2 Å². The minimum atomic E-state index is -3.86. The summed E-state index contributed by atoms with van der Waals surface area (Å²) in [6.45, 7) is 0.812. The van der Waals surface area contributed by atoms with Gasteiger partial charge in [0.05, 0.1) is 11.5 Å². The maximum absolute atomic E-state index is 12.4. The van der Waals surface area contributed by atoms with Crippen LogP contribution >= 0.6 is 0 Å². The number of carbonyl (C=O) groups excluding carboxylic acids is 1. The van der Waals surface area contributed by atoms with E-state index in [2.05, 4.69) is 5.32 Å². The third kappa shape index (κ3) is 5.93. The number of rotatable bonds is 9. The van der Waals surface area contributed by atoms with Crippen LogP contribution in [0.3, 0.4) is 0 Å². The Bertz CT molecular complexity index is 1220. The molecule has 9 heteroatoms. The van der Waals surface area contributed by atoms with Gasteiger partial charge in [-0.15, -0.1) is 0 Å². The molecule has 0 atom stereocenters. The van der Waals surface area contributed by atoms with Crippen LogP contribution in [0, 0.1) is 5.41 Å². The fraction of sp³-hybridized carbons (Fsp3) is 0.130. The molecule has 1 amide bonds. The zero-order valence-electron chi connectivity index (χ0n) is 17.2. The fourth-order valence-corrected chi connectivity index (χ4v) is 3.83. The van der Waals surface area contributed by atoms with Crippen LogP contribution in [0.25, 0.3) is 11.1 Å². The standard InChI is InChI=1S/C23H24N4O4S/c24-22(25)18-5-3-6-19(15-18)31-14-4-13-27-23(28)17-11-9-16(10-12-17)20-7-1-2-8-21(20)32(26,29)30/h1-3,5-12,15H,4,13-14H2,(H3,24,25)(H,27,28)(H2,26,29,30). The molecule has 0 saturated carbocycles. The Morgan fingerprint density at radius 3 is 2.38 bits per heavy atom. The highest BCUT2D eigenvalue weighted by atomic mass is 32.2. The zero-order chi connectivity index (χ0) is 23.1. The number of primary sulfonamides is 1. The highest BCUT2D eigenvalue weighted by molar-refractivity contribution is 7.89. The third-order valence-corrected chi connectivity index (χ3v) is 5.64. The van der Waals surface area contributed by atoms with Gasteiger partial charge in [-0.2, -0.15) is 0 Å². The molecule has 166 valence electrons. The first-order chi connectivity index (χ1) is 15.3. The van der Waals surface area contributed by atoms with E-state index in [0.717, 1.165) is 0 Å². The predicted octanol–water partition coefficient (Wildman–Crippen LogP) is 2.48. The second-order valence-corrected chi connectivity index (χ2v) is 8.55. The number of sulfonamides is 1. The molecule has 0 aliphatic carbocycles. The third-order valence-electron chi connectivity index (χ3n) is 4.67. The van der Waals surface area contributed by atoms with Gasteiger partial charge >= 0.3 is 0 Å². The molecule has 0 aliphatic heterocycles.